The van der Waals surface area contributed by atoms with Crippen molar-refractivity contribution < 1.29 is 19.1 Å². The van der Waals surface area contributed by atoms with E-state index in [1.807, 2.05) is 43.3 Å². The summed E-state index contributed by atoms with van der Waals surface area (Å²) < 4.78 is 10.6. The Kier molecular flexibility index (Phi) is 5.73. The highest BCUT2D eigenvalue weighted by molar-refractivity contribution is 6.04. The van der Waals surface area contributed by atoms with Gasteiger partial charge in [-0.2, -0.15) is 0 Å². The minimum Gasteiger partial charge on any atom is -0.497 e. The summed E-state index contributed by atoms with van der Waals surface area (Å²) in [5.74, 6) is 0.467. The van der Waals surface area contributed by atoms with E-state index >= 15 is 0 Å². The minimum atomic E-state index is -0.433. The molecule has 148 valence electrons. The molecule has 1 fully saturated rings. The molecule has 0 aliphatic carbocycles. The van der Waals surface area contributed by atoms with Crippen molar-refractivity contribution in [2.24, 2.45) is 5.92 Å². The quantitative estimate of drug-likeness (QED) is 0.831. The Morgan fingerprint density at radius 2 is 1.82 bits per heavy atom. The number of rotatable bonds is 6. The van der Waals surface area contributed by atoms with Crippen molar-refractivity contribution in [1.29, 1.82) is 0 Å². The standard InChI is InChI=1S/C21H25N3O4/c1-23(2)16-7-5-15(6-8-16)22-21(26)14-11-20(25)24(13-14)18-12-17(27-3)9-10-19(18)28-4/h5-10,12,14H,11,13H2,1-4H3,(H,22,26). The summed E-state index contributed by atoms with van der Waals surface area (Å²) in [6, 6.07) is 12.8. The van der Waals surface area contributed by atoms with Gasteiger partial charge in [-0.05, 0) is 36.4 Å². The second-order valence-electron chi connectivity index (χ2n) is 6.87. The molecule has 0 bridgehead atoms. The van der Waals surface area contributed by atoms with E-state index in [4.69, 9.17) is 9.47 Å². The summed E-state index contributed by atoms with van der Waals surface area (Å²) in [6.45, 7) is 0.296. The lowest BCUT2D eigenvalue weighted by molar-refractivity contribution is -0.122. The zero-order valence-electron chi connectivity index (χ0n) is 16.6. The fourth-order valence-electron chi connectivity index (χ4n) is 3.21. The van der Waals surface area contributed by atoms with Crippen molar-refractivity contribution >= 4 is 28.9 Å². The van der Waals surface area contributed by atoms with E-state index < -0.39 is 5.92 Å². The average molecular weight is 383 g/mol. The Bertz CT molecular complexity index is 864. The Balaban J connectivity index is 1.72. The van der Waals surface area contributed by atoms with Crippen LogP contribution >= 0.6 is 0 Å². The molecule has 28 heavy (non-hydrogen) atoms. The molecule has 2 aromatic rings. The minimum absolute atomic E-state index is 0.116. The van der Waals surface area contributed by atoms with E-state index in [0.717, 1.165) is 5.69 Å². The smallest absolute Gasteiger partial charge is 0.229 e. The first-order chi connectivity index (χ1) is 13.4. The number of amides is 2. The second-order valence-corrected chi connectivity index (χ2v) is 6.87. The van der Waals surface area contributed by atoms with Crippen molar-refractivity contribution in [2.75, 3.05) is 50.0 Å². The molecule has 0 saturated carbocycles. The Labute approximate surface area is 164 Å². The number of carbonyl (C=O) groups is 2. The Hall–Kier alpha value is -3.22. The van der Waals surface area contributed by atoms with Gasteiger partial charge in [0.15, 0.2) is 0 Å². The zero-order chi connectivity index (χ0) is 20.3. The van der Waals surface area contributed by atoms with E-state index in [1.54, 1.807) is 37.3 Å². The third-order valence-electron chi connectivity index (χ3n) is 4.82. The number of carbonyl (C=O) groups excluding carboxylic acids is 2. The van der Waals surface area contributed by atoms with Crippen molar-refractivity contribution in [3.05, 3.63) is 42.5 Å². The molecule has 1 unspecified atom stereocenters. The first-order valence-corrected chi connectivity index (χ1v) is 9.03. The molecule has 1 heterocycles. The predicted octanol–water partition coefficient (Wildman–Crippen LogP) is 2.76. The number of nitrogens with one attached hydrogen (secondary N) is 1. The number of hydrogen-bond donors (Lipinski definition) is 1. The van der Waals surface area contributed by atoms with Crippen LogP contribution in [0.1, 0.15) is 6.42 Å². The number of benzene rings is 2. The van der Waals surface area contributed by atoms with Gasteiger partial charge in [-0.3, -0.25) is 9.59 Å². The molecule has 0 spiro atoms. The summed E-state index contributed by atoms with van der Waals surface area (Å²) >= 11 is 0. The van der Waals surface area contributed by atoms with Crippen LogP contribution in [0.2, 0.25) is 0 Å². The van der Waals surface area contributed by atoms with Crippen LogP contribution in [0.15, 0.2) is 42.5 Å². The number of ether oxygens (including phenoxy) is 2. The van der Waals surface area contributed by atoms with Crippen LogP contribution in [0.3, 0.4) is 0 Å². The topological polar surface area (TPSA) is 71.1 Å². The SMILES string of the molecule is COc1ccc(OC)c(N2CC(C(=O)Nc3ccc(N(C)C)cc3)CC2=O)c1. The van der Waals surface area contributed by atoms with Crippen LogP contribution < -0.4 is 24.6 Å². The second kappa shape index (κ2) is 8.21. The van der Waals surface area contributed by atoms with Gasteiger partial charge < -0.3 is 24.6 Å². The zero-order valence-corrected chi connectivity index (χ0v) is 16.6. The maximum absolute atomic E-state index is 12.7. The average Bonchev–Trinajstić information content (AvgIpc) is 3.09. The lowest BCUT2D eigenvalue weighted by atomic mass is 10.1. The fourth-order valence-corrected chi connectivity index (χ4v) is 3.21. The maximum Gasteiger partial charge on any atom is 0.229 e. The summed E-state index contributed by atoms with van der Waals surface area (Å²) in [6.07, 6.45) is 0.155. The first-order valence-electron chi connectivity index (χ1n) is 9.03. The third-order valence-corrected chi connectivity index (χ3v) is 4.82. The highest BCUT2D eigenvalue weighted by Gasteiger charge is 2.36. The fraction of sp³-hybridized carbons (Fsp3) is 0.333. The largest absolute Gasteiger partial charge is 0.497 e. The normalized spacial score (nSPS) is 16.1. The Morgan fingerprint density at radius 1 is 1.11 bits per heavy atom. The van der Waals surface area contributed by atoms with E-state index in [1.165, 1.54) is 0 Å². The molecule has 1 saturated heterocycles. The summed E-state index contributed by atoms with van der Waals surface area (Å²) in [5, 5.41) is 2.90. The predicted molar refractivity (Wildman–Crippen MR) is 109 cm³/mol. The van der Waals surface area contributed by atoms with Crippen molar-refractivity contribution in [3.8, 4) is 11.5 Å². The molecule has 3 rings (SSSR count). The molecule has 2 aromatic carbocycles. The number of anilines is 3. The summed E-state index contributed by atoms with van der Waals surface area (Å²) in [7, 11) is 7.03. The molecule has 1 atom stereocenters. The van der Waals surface area contributed by atoms with Gasteiger partial charge in [0.05, 0.1) is 25.8 Å². The van der Waals surface area contributed by atoms with Gasteiger partial charge in [0.2, 0.25) is 11.8 Å². The lowest BCUT2D eigenvalue weighted by Crippen LogP contribution is -2.28. The molecule has 1 N–H and O–H groups in total. The van der Waals surface area contributed by atoms with Crippen LogP contribution in [0.25, 0.3) is 0 Å². The number of hydrogen-bond acceptors (Lipinski definition) is 5. The van der Waals surface area contributed by atoms with Gasteiger partial charge in [0.25, 0.3) is 0 Å². The van der Waals surface area contributed by atoms with Crippen LogP contribution in [-0.4, -0.2) is 46.7 Å². The number of nitrogens with zero attached hydrogens (tertiary/aromatic N) is 2. The molecule has 2 amide bonds. The van der Waals surface area contributed by atoms with E-state index in [0.29, 0.717) is 29.4 Å². The van der Waals surface area contributed by atoms with Crippen LogP contribution in [0.5, 0.6) is 11.5 Å². The van der Waals surface area contributed by atoms with Crippen LogP contribution in [0, 0.1) is 5.92 Å². The van der Waals surface area contributed by atoms with Gasteiger partial charge in [-0.1, -0.05) is 0 Å². The maximum atomic E-state index is 12.7. The van der Waals surface area contributed by atoms with Gasteiger partial charge in [-0.25, -0.2) is 0 Å². The number of methoxy groups -OCH3 is 2. The highest BCUT2D eigenvalue weighted by atomic mass is 16.5. The molecular formula is C21H25N3O4. The highest BCUT2D eigenvalue weighted by Crippen LogP contribution is 2.36. The van der Waals surface area contributed by atoms with Gasteiger partial charge in [0.1, 0.15) is 11.5 Å². The van der Waals surface area contributed by atoms with Crippen molar-refractivity contribution in [1.82, 2.24) is 0 Å². The molecule has 1 aliphatic heterocycles. The van der Waals surface area contributed by atoms with E-state index in [-0.39, 0.29) is 18.2 Å². The van der Waals surface area contributed by atoms with E-state index in [9.17, 15) is 9.59 Å². The molecule has 1 aliphatic rings. The van der Waals surface area contributed by atoms with Crippen LogP contribution in [0.4, 0.5) is 17.1 Å². The van der Waals surface area contributed by atoms with E-state index in [2.05, 4.69) is 5.32 Å². The first kappa shape index (κ1) is 19.5. The summed E-state index contributed by atoms with van der Waals surface area (Å²) in [5.41, 5.74) is 2.36. The molecular weight excluding hydrogens is 358 g/mol. The van der Waals surface area contributed by atoms with Crippen molar-refractivity contribution in [2.45, 2.75) is 6.42 Å². The van der Waals surface area contributed by atoms with Gasteiger partial charge in [0, 0.05) is 44.5 Å². The molecule has 7 heteroatoms. The summed E-state index contributed by atoms with van der Waals surface area (Å²) in [4.78, 5) is 28.8. The van der Waals surface area contributed by atoms with Crippen molar-refractivity contribution in [3.63, 3.8) is 0 Å². The van der Waals surface area contributed by atoms with Crippen LogP contribution in [-0.2, 0) is 9.59 Å². The van der Waals surface area contributed by atoms with Gasteiger partial charge >= 0.3 is 0 Å². The lowest BCUT2D eigenvalue weighted by Gasteiger charge is -2.20. The van der Waals surface area contributed by atoms with Gasteiger partial charge in [-0.15, -0.1) is 0 Å². The third kappa shape index (κ3) is 4.03. The molecule has 0 aromatic heterocycles. The molecule has 7 nitrogen and oxygen atoms in total. The monoisotopic (exact) mass is 383 g/mol. The molecule has 0 radical (unpaired) electrons. The Morgan fingerprint density at radius 3 is 2.43 bits per heavy atom.